The smallest absolute Gasteiger partial charge is 0.315 e. The van der Waals surface area contributed by atoms with Crippen LogP contribution in [0.15, 0.2) is 94.9 Å². The highest BCUT2D eigenvalue weighted by Crippen LogP contribution is 2.54. The summed E-state index contributed by atoms with van der Waals surface area (Å²) >= 11 is 0. The maximum atomic E-state index is 13.6. The van der Waals surface area contributed by atoms with E-state index in [1.165, 1.54) is 0 Å². The van der Waals surface area contributed by atoms with Gasteiger partial charge >= 0.3 is 5.97 Å². The standard InChI is InChI=1S/C28H25NO4S/c1-18-11-13-20(14-12-18)34(31,32)29-16-24-22(19-7-3-2-4-8-19)15-23-27(25(24)17-29)21-9-5-6-10-26(21)33-28(23)30/h2-14,22-23,27H,15-17H2,1H3/t22-,23-,27-/m1/s1. The molecule has 3 atom stereocenters. The molecule has 2 aliphatic heterocycles. The van der Waals surface area contributed by atoms with Crippen molar-refractivity contribution < 1.29 is 17.9 Å². The van der Waals surface area contributed by atoms with Crippen molar-refractivity contribution in [2.75, 3.05) is 13.1 Å². The normalized spacial score (nSPS) is 24.3. The number of fused-ring (bicyclic) bond motifs is 4. The molecule has 34 heavy (non-hydrogen) atoms. The molecule has 0 spiro atoms. The summed E-state index contributed by atoms with van der Waals surface area (Å²) in [7, 11) is -3.67. The molecule has 6 heteroatoms. The molecular weight excluding hydrogens is 446 g/mol. The molecule has 0 unspecified atom stereocenters. The van der Waals surface area contributed by atoms with Gasteiger partial charge in [-0.3, -0.25) is 4.79 Å². The first-order valence-electron chi connectivity index (χ1n) is 11.6. The van der Waals surface area contributed by atoms with Gasteiger partial charge in [-0.05, 0) is 48.3 Å². The predicted molar refractivity (Wildman–Crippen MR) is 129 cm³/mol. The molecule has 5 nitrogen and oxygen atoms in total. The minimum absolute atomic E-state index is 0.0199. The van der Waals surface area contributed by atoms with Crippen LogP contribution in [0.5, 0.6) is 5.75 Å². The van der Waals surface area contributed by atoms with Crippen LogP contribution < -0.4 is 4.74 Å². The number of para-hydroxylation sites is 1. The third-order valence-corrected chi connectivity index (χ3v) is 9.23. The number of rotatable bonds is 3. The molecule has 6 rings (SSSR count). The summed E-state index contributed by atoms with van der Waals surface area (Å²) in [6.45, 7) is 2.57. The summed E-state index contributed by atoms with van der Waals surface area (Å²) in [5, 5.41) is 0. The average Bonchev–Trinajstić information content (AvgIpc) is 3.31. The van der Waals surface area contributed by atoms with Gasteiger partial charge in [-0.1, -0.05) is 66.2 Å². The van der Waals surface area contributed by atoms with Gasteiger partial charge in [0, 0.05) is 30.5 Å². The van der Waals surface area contributed by atoms with Crippen molar-refractivity contribution in [3.8, 4) is 5.75 Å². The topological polar surface area (TPSA) is 63.7 Å². The van der Waals surface area contributed by atoms with Crippen molar-refractivity contribution in [1.29, 1.82) is 0 Å². The van der Waals surface area contributed by atoms with Crippen LogP contribution in [0.4, 0.5) is 0 Å². The van der Waals surface area contributed by atoms with E-state index in [1.807, 2.05) is 61.5 Å². The number of hydrogen-bond donors (Lipinski definition) is 0. The number of carbonyl (C=O) groups is 1. The third kappa shape index (κ3) is 3.32. The molecule has 172 valence electrons. The Balaban J connectivity index is 1.46. The number of nitrogens with zero attached hydrogens (tertiary/aromatic N) is 1. The fourth-order valence-electron chi connectivity index (χ4n) is 5.75. The van der Waals surface area contributed by atoms with E-state index in [0.29, 0.717) is 23.6 Å². The predicted octanol–water partition coefficient (Wildman–Crippen LogP) is 4.80. The molecule has 0 saturated heterocycles. The van der Waals surface area contributed by atoms with Crippen LogP contribution >= 0.6 is 0 Å². The minimum Gasteiger partial charge on any atom is -0.426 e. The second kappa shape index (κ2) is 7.93. The number of aryl methyl sites for hydroxylation is 1. The van der Waals surface area contributed by atoms with Crippen LogP contribution in [0, 0.1) is 12.8 Å². The molecule has 3 aromatic rings. The van der Waals surface area contributed by atoms with Gasteiger partial charge in [0.25, 0.3) is 0 Å². The summed E-state index contributed by atoms with van der Waals surface area (Å²) in [4.78, 5) is 13.4. The van der Waals surface area contributed by atoms with E-state index in [1.54, 1.807) is 16.4 Å². The molecule has 3 aromatic carbocycles. The fraction of sp³-hybridized carbons (Fsp3) is 0.250. The van der Waals surface area contributed by atoms with Gasteiger partial charge in [-0.25, -0.2) is 8.42 Å². The van der Waals surface area contributed by atoms with Crippen molar-refractivity contribution >= 4 is 16.0 Å². The number of hydrogen-bond acceptors (Lipinski definition) is 4. The summed E-state index contributed by atoms with van der Waals surface area (Å²) in [6, 6.07) is 24.7. The Morgan fingerprint density at radius 2 is 1.53 bits per heavy atom. The Bertz CT molecular complexity index is 1410. The fourth-order valence-corrected chi connectivity index (χ4v) is 7.15. The van der Waals surface area contributed by atoms with Crippen LogP contribution in [-0.4, -0.2) is 31.8 Å². The Kier molecular flexibility index (Phi) is 4.97. The van der Waals surface area contributed by atoms with Gasteiger partial charge in [-0.2, -0.15) is 4.31 Å². The van der Waals surface area contributed by atoms with Crippen LogP contribution in [0.2, 0.25) is 0 Å². The molecule has 1 aliphatic carbocycles. The van der Waals surface area contributed by atoms with E-state index in [2.05, 4.69) is 12.1 Å². The van der Waals surface area contributed by atoms with Crippen molar-refractivity contribution in [2.45, 2.75) is 30.1 Å². The van der Waals surface area contributed by atoms with Crippen molar-refractivity contribution in [2.24, 2.45) is 5.92 Å². The first-order chi connectivity index (χ1) is 16.4. The second-order valence-electron chi connectivity index (χ2n) is 9.38. The van der Waals surface area contributed by atoms with E-state index >= 15 is 0 Å². The highest BCUT2D eigenvalue weighted by atomic mass is 32.2. The van der Waals surface area contributed by atoms with Crippen LogP contribution in [0.1, 0.15) is 34.9 Å². The first-order valence-corrected chi connectivity index (χ1v) is 13.0. The highest BCUT2D eigenvalue weighted by molar-refractivity contribution is 7.89. The molecule has 0 amide bonds. The molecule has 0 saturated carbocycles. The van der Waals surface area contributed by atoms with Crippen LogP contribution in [-0.2, 0) is 14.8 Å². The largest absolute Gasteiger partial charge is 0.426 e. The second-order valence-corrected chi connectivity index (χ2v) is 11.3. The lowest BCUT2D eigenvalue weighted by atomic mass is 9.66. The quantitative estimate of drug-likeness (QED) is 0.313. The highest BCUT2D eigenvalue weighted by Gasteiger charge is 2.50. The molecule has 0 fully saturated rings. The number of benzene rings is 3. The SMILES string of the molecule is Cc1ccc(S(=O)(=O)N2CC3=C(C2)[C@@H](c2ccccc2)C[C@H]2C(=O)Oc4ccccc4[C@@H]32)cc1. The van der Waals surface area contributed by atoms with E-state index < -0.39 is 10.0 Å². The zero-order valence-electron chi connectivity index (χ0n) is 18.8. The summed E-state index contributed by atoms with van der Waals surface area (Å²) in [5.41, 5.74) is 5.26. The van der Waals surface area contributed by atoms with Crippen molar-refractivity contribution in [1.82, 2.24) is 4.31 Å². The number of esters is 1. The summed E-state index contributed by atoms with van der Waals surface area (Å²) < 4.78 is 34.5. The number of carbonyl (C=O) groups excluding carboxylic acids is 1. The lowest BCUT2D eigenvalue weighted by Gasteiger charge is -2.39. The zero-order chi connectivity index (χ0) is 23.4. The van der Waals surface area contributed by atoms with Crippen molar-refractivity contribution in [3.05, 3.63) is 107 Å². The lowest BCUT2D eigenvalue weighted by molar-refractivity contribution is -0.141. The lowest BCUT2D eigenvalue weighted by Crippen LogP contribution is -2.37. The molecule has 0 N–H and O–H groups in total. The molecular formula is C28H25NO4S. The summed E-state index contributed by atoms with van der Waals surface area (Å²) in [6.07, 6.45) is 0.610. The number of sulfonamides is 1. The molecule has 2 heterocycles. The monoisotopic (exact) mass is 471 g/mol. The van der Waals surface area contributed by atoms with Crippen LogP contribution in [0.25, 0.3) is 0 Å². The van der Waals surface area contributed by atoms with Gasteiger partial charge in [-0.15, -0.1) is 0 Å². The Hall–Kier alpha value is -3.22. The molecule has 3 aliphatic rings. The van der Waals surface area contributed by atoms with Gasteiger partial charge < -0.3 is 4.74 Å². The molecule has 0 aromatic heterocycles. The Morgan fingerprint density at radius 1 is 0.853 bits per heavy atom. The minimum atomic E-state index is -3.67. The molecule has 0 bridgehead atoms. The van der Waals surface area contributed by atoms with Crippen LogP contribution in [0.3, 0.4) is 0 Å². The van der Waals surface area contributed by atoms with Gasteiger partial charge in [0.2, 0.25) is 10.0 Å². The van der Waals surface area contributed by atoms with E-state index in [-0.39, 0.29) is 30.3 Å². The maximum Gasteiger partial charge on any atom is 0.315 e. The first kappa shape index (κ1) is 21.3. The van der Waals surface area contributed by atoms with E-state index in [9.17, 15) is 13.2 Å². The molecule has 0 radical (unpaired) electrons. The zero-order valence-corrected chi connectivity index (χ0v) is 19.7. The van der Waals surface area contributed by atoms with Crippen molar-refractivity contribution in [3.63, 3.8) is 0 Å². The number of ether oxygens (including phenoxy) is 1. The van der Waals surface area contributed by atoms with E-state index in [0.717, 1.165) is 27.8 Å². The van der Waals surface area contributed by atoms with Gasteiger partial charge in [0.15, 0.2) is 0 Å². The Labute approximate surface area is 199 Å². The van der Waals surface area contributed by atoms with Gasteiger partial charge in [0.05, 0.1) is 10.8 Å². The maximum absolute atomic E-state index is 13.6. The summed E-state index contributed by atoms with van der Waals surface area (Å²) in [5.74, 6) is -0.158. The average molecular weight is 472 g/mol. The Morgan fingerprint density at radius 3 is 2.29 bits per heavy atom. The van der Waals surface area contributed by atoms with Gasteiger partial charge in [0.1, 0.15) is 5.75 Å². The van der Waals surface area contributed by atoms with E-state index in [4.69, 9.17) is 4.74 Å². The third-order valence-electron chi connectivity index (χ3n) is 7.42.